The van der Waals surface area contributed by atoms with Crippen molar-refractivity contribution >= 4 is 16.8 Å². The maximum absolute atomic E-state index is 13.8. The Morgan fingerprint density at radius 2 is 1.45 bits per heavy atom. The Bertz CT molecular complexity index is 1590. The monoisotopic (exact) mass is 537 g/mol. The van der Waals surface area contributed by atoms with Crippen molar-refractivity contribution in [2.75, 3.05) is 0 Å². The number of fused-ring (bicyclic) bond motifs is 1. The molecular formula is C34H39N3O3. The quantitative estimate of drug-likeness (QED) is 0.332. The van der Waals surface area contributed by atoms with Crippen molar-refractivity contribution < 1.29 is 4.79 Å². The number of nitrogens with one attached hydrogen (secondary N) is 1. The van der Waals surface area contributed by atoms with Crippen LogP contribution in [0, 0.1) is 11.8 Å². The molecule has 5 rings (SSSR count). The molecule has 1 amide bonds. The number of hydrogen-bond donors (Lipinski definition) is 1. The average molecular weight is 538 g/mol. The number of rotatable bonds is 7. The third kappa shape index (κ3) is 6.11. The topological polar surface area (TPSA) is 73.1 Å². The van der Waals surface area contributed by atoms with Gasteiger partial charge >= 0.3 is 5.69 Å². The minimum atomic E-state index is -0.272. The molecule has 1 aliphatic carbocycles. The number of para-hydroxylation sites is 1. The van der Waals surface area contributed by atoms with Gasteiger partial charge in [0, 0.05) is 19.0 Å². The van der Waals surface area contributed by atoms with Gasteiger partial charge < -0.3 is 5.32 Å². The van der Waals surface area contributed by atoms with Crippen LogP contribution in [-0.2, 0) is 29.8 Å². The summed E-state index contributed by atoms with van der Waals surface area (Å²) in [4.78, 5) is 40.0. The van der Waals surface area contributed by atoms with Gasteiger partial charge in [0.05, 0.1) is 17.4 Å². The van der Waals surface area contributed by atoms with Gasteiger partial charge in [-0.25, -0.2) is 4.79 Å². The number of benzene rings is 3. The maximum atomic E-state index is 13.8. The zero-order valence-corrected chi connectivity index (χ0v) is 23.7. The summed E-state index contributed by atoms with van der Waals surface area (Å²) in [6.45, 7) is 7.86. The Kier molecular flexibility index (Phi) is 8.06. The van der Waals surface area contributed by atoms with E-state index in [9.17, 15) is 14.4 Å². The Labute approximate surface area is 235 Å². The predicted octanol–water partition coefficient (Wildman–Crippen LogP) is 5.63. The highest BCUT2D eigenvalue weighted by atomic mass is 16.2. The summed E-state index contributed by atoms with van der Waals surface area (Å²) in [6.07, 6.45) is 3.16. The first kappa shape index (κ1) is 27.6. The standard InChI is InChI=1S/C34H39N3O3/c1-34(2,3)28-19-15-26(16-20-28)22-36-30-12-8-7-11-29(30)32(39)37(33(36)40)23-25-13-17-27(18-14-25)31(38)35-21-24-9-5-4-6-10-24/h4-12,15-16,19-20,25,27H,13-14,17-18,21-23H2,1-3H3,(H,35,38). The first-order chi connectivity index (χ1) is 19.2. The van der Waals surface area contributed by atoms with Crippen molar-refractivity contribution in [1.29, 1.82) is 0 Å². The highest BCUT2D eigenvalue weighted by molar-refractivity contribution is 5.79. The van der Waals surface area contributed by atoms with Gasteiger partial charge in [0.25, 0.3) is 5.56 Å². The molecule has 1 aliphatic rings. The number of nitrogens with zero attached hydrogens (tertiary/aromatic N) is 2. The minimum absolute atomic E-state index is 0.0268. The largest absolute Gasteiger partial charge is 0.352 e. The molecule has 1 N–H and O–H groups in total. The van der Waals surface area contributed by atoms with Crippen molar-refractivity contribution in [3.8, 4) is 0 Å². The Morgan fingerprint density at radius 3 is 2.12 bits per heavy atom. The molecule has 6 nitrogen and oxygen atoms in total. The summed E-state index contributed by atoms with van der Waals surface area (Å²) in [5.74, 6) is 0.246. The van der Waals surface area contributed by atoms with Crippen LogP contribution in [0.5, 0.6) is 0 Å². The van der Waals surface area contributed by atoms with Crippen molar-refractivity contribution in [2.45, 2.75) is 71.5 Å². The molecular weight excluding hydrogens is 498 g/mol. The molecule has 0 aliphatic heterocycles. The third-order valence-corrected chi connectivity index (χ3v) is 8.26. The summed E-state index contributed by atoms with van der Waals surface area (Å²) in [6, 6.07) is 25.7. The number of hydrogen-bond acceptors (Lipinski definition) is 3. The van der Waals surface area contributed by atoms with Gasteiger partial charge in [-0.2, -0.15) is 0 Å². The summed E-state index contributed by atoms with van der Waals surface area (Å²) < 4.78 is 3.15. The molecule has 0 radical (unpaired) electrons. The van der Waals surface area contributed by atoms with E-state index in [1.54, 1.807) is 10.6 Å². The van der Waals surface area contributed by atoms with Crippen molar-refractivity contribution in [2.24, 2.45) is 11.8 Å². The normalized spacial score (nSPS) is 17.6. The Balaban J connectivity index is 1.31. The van der Waals surface area contributed by atoms with Crippen molar-refractivity contribution in [1.82, 2.24) is 14.5 Å². The van der Waals surface area contributed by atoms with Crippen molar-refractivity contribution in [3.05, 3.63) is 116 Å². The average Bonchev–Trinajstić information content (AvgIpc) is 2.97. The van der Waals surface area contributed by atoms with Gasteiger partial charge in [0.1, 0.15) is 0 Å². The second-order valence-corrected chi connectivity index (χ2v) is 12.2. The lowest BCUT2D eigenvalue weighted by Crippen LogP contribution is -2.42. The molecule has 1 saturated carbocycles. The molecule has 1 aromatic heterocycles. The fourth-order valence-electron chi connectivity index (χ4n) is 5.77. The van der Waals surface area contributed by atoms with Gasteiger partial charge in [-0.3, -0.25) is 18.7 Å². The van der Waals surface area contributed by atoms with Crippen LogP contribution in [0.3, 0.4) is 0 Å². The van der Waals surface area contributed by atoms with Gasteiger partial charge in [-0.05, 0) is 65.8 Å². The van der Waals surface area contributed by atoms with Gasteiger partial charge in [-0.1, -0.05) is 87.5 Å². The summed E-state index contributed by atoms with van der Waals surface area (Å²) in [5.41, 5.74) is 3.55. The first-order valence-electron chi connectivity index (χ1n) is 14.3. The summed E-state index contributed by atoms with van der Waals surface area (Å²) in [5, 5.41) is 3.62. The maximum Gasteiger partial charge on any atom is 0.331 e. The highest BCUT2D eigenvalue weighted by Crippen LogP contribution is 2.30. The van der Waals surface area contributed by atoms with Gasteiger partial charge in [0.2, 0.25) is 5.91 Å². The van der Waals surface area contributed by atoms with Gasteiger partial charge in [-0.15, -0.1) is 0 Å². The summed E-state index contributed by atoms with van der Waals surface area (Å²) >= 11 is 0. The van der Waals surface area contributed by atoms with E-state index in [0.29, 0.717) is 30.5 Å². The molecule has 0 unspecified atom stereocenters. The molecule has 0 bridgehead atoms. The number of carbonyl (C=O) groups is 1. The van der Waals surface area contributed by atoms with E-state index in [0.717, 1.165) is 36.8 Å². The second kappa shape index (κ2) is 11.7. The van der Waals surface area contributed by atoms with E-state index in [1.807, 2.05) is 48.5 Å². The zero-order valence-electron chi connectivity index (χ0n) is 23.7. The summed E-state index contributed by atoms with van der Waals surface area (Å²) in [7, 11) is 0. The van der Waals surface area contributed by atoms with E-state index < -0.39 is 0 Å². The van der Waals surface area contributed by atoms with Crippen LogP contribution in [0.25, 0.3) is 10.9 Å². The van der Waals surface area contributed by atoms with E-state index in [-0.39, 0.29) is 34.4 Å². The lowest BCUT2D eigenvalue weighted by Gasteiger charge is -2.28. The fourth-order valence-corrected chi connectivity index (χ4v) is 5.77. The zero-order chi connectivity index (χ0) is 28.3. The van der Waals surface area contributed by atoms with Crippen molar-refractivity contribution in [3.63, 3.8) is 0 Å². The lowest BCUT2D eigenvalue weighted by atomic mass is 9.81. The first-order valence-corrected chi connectivity index (χ1v) is 14.3. The van der Waals surface area contributed by atoms with Crippen LogP contribution in [-0.4, -0.2) is 15.0 Å². The van der Waals surface area contributed by atoms with Crippen LogP contribution < -0.4 is 16.6 Å². The molecule has 1 heterocycles. The van der Waals surface area contributed by atoms with Crippen LogP contribution >= 0.6 is 0 Å². The number of aromatic nitrogens is 2. The molecule has 0 spiro atoms. The number of amides is 1. The molecule has 4 aromatic rings. The molecule has 6 heteroatoms. The second-order valence-electron chi connectivity index (χ2n) is 12.2. The van der Waals surface area contributed by atoms with E-state index in [4.69, 9.17) is 0 Å². The minimum Gasteiger partial charge on any atom is -0.352 e. The molecule has 208 valence electrons. The smallest absolute Gasteiger partial charge is 0.331 e. The van der Waals surface area contributed by atoms with Crippen LogP contribution in [0.4, 0.5) is 0 Å². The molecule has 0 saturated heterocycles. The SMILES string of the molecule is CC(C)(C)c1ccc(Cn2c(=O)n(CC3CCC(C(=O)NCc4ccccc4)CC3)c(=O)c3ccccc32)cc1. The van der Waals surface area contributed by atoms with E-state index in [2.05, 4.69) is 50.4 Å². The highest BCUT2D eigenvalue weighted by Gasteiger charge is 2.27. The van der Waals surface area contributed by atoms with Gasteiger partial charge in [0.15, 0.2) is 0 Å². The predicted molar refractivity (Wildman–Crippen MR) is 160 cm³/mol. The Hall–Kier alpha value is -3.93. The molecule has 40 heavy (non-hydrogen) atoms. The fraction of sp³-hybridized carbons (Fsp3) is 0.382. The van der Waals surface area contributed by atoms with Crippen LogP contribution in [0.2, 0.25) is 0 Å². The third-order valence-electron chi connectivity index (χ3n) is 8.26. The Morgan fingerprint density at radius 1 is 0.800 bits per heavy atom. The van der Waals surface area contributed by atoms with Crippen LogP contribution in [0.1, 0.15) is 63.1 Å². The molecule has 1 fully saturated rings. The van der Waals surface area contributed by atoms with E-state index >= 15 is 0 Å². The van der Waals surface area contributed by atoms with Crippen LogP contribution in [0.15, 0.2) is 88.5 Å². The number of carbonyl (C=O) groups excluding carboxylic acids is 1. The molecule has 3 aromatic carbocycles. The molecule has 0 atom stereocenters. The lowest BCUT2D eigenvalue weighted by molar-refractivity contribution is -0.126. The van der Waals surface area contributed by atoms with E-state index in [1.165, 1.54) is 10.1 Å².